The number of methoxy groups -OCH3 is 1. The molecule has 24 heavy (non-hydrogen) atoms. The first kappa shape index (κ1) is 15.5. The van der Waals surface area contributed by atoms with Gasteiger partial charge < -0.3 is 15.2 Å². The minimum absolute atomic E-state index is 0.00581. The number of halogens is 1. The zero-order chi connectivity index (χ0) is 17.0. The van der Waals surface area contributed by atoms with E-state index in [1.165, 1.54) is 7.11 Å². The first-order chi connectivity index (χ1) is 11.5. The topological polar surface area (TPSA) is 75.6 Å². The Labute approximate surface area is 144 Å². The zero-order valence-electron chi connectivity index (χ0n) is 13.1. The Kier molecular flexibility index (Phi) is 3.57. The lowest BCUT2D eigenvalue weighted by molar-refractivity contribution is -0.152. The van der Waals surface area contributed by atoms with Crippen molar-refractivity contribution in [3.8, 4) is 5.75 Å². The predicted octanol–water partition coefficient (Wildman–Crippen LogP) is 3.06. The standard InChI is InChI=1S/C18H18ClNO4/c1-24-14-5-2-8(19)6-13(14)20-17(21)15-9-3-4-10(12-7-11(9)12)16(15)18(22)23/h2-6,9-12,15-16H,7H2,1H3,(H,20,21)(H,22,23)/t9-,10-,11-,12-,15+,16+/m1/s1. The molecule has 5 nitrogen and oxygen atoms in total. The van der Waals surface area contributed by atoms with Crippen LogP contribution in [0.5, 0.6) is 5.75 Å². The Morgan fingerprint density at radius 2 is 1.88 bits per heavy atom. The average Bonchev–Trinajstić information content (AvgIpc) is 3.36. The van der Waals surface area contributed by atoms with E-state index in [0.717, 1.165) is 6.42 Å². The fourth-order valence-electron chi connectivity index (χ4n) is 4.56. The summed E-state index contributed by atoms with van der Waals surface area (Å²) in [6.07, 6.45) is 5.06. The average molecular weight is 348 g/mol. The molecule has 0 aliphatic heterocycles. The number of allylic oxidation sites excluding steroid dienone is 2. The Morgan fingerprint density at radius 1 is 1.21 bits per heavy atom. The van der Waals surface area contributed by atoms with Gasteiger partial charge in [0.2, 0.25) is 5.91 Å². The second kappa shape index (κ2) is 5.52. The molecule has 0 radical (unpaired) electrons. The van der Waals surface area contributed by atoms with Crippen LogP contribution in [0.1, 0.15) is 6.42 Å². The second-order valence-corrected chi connectivity index (χ2v) is 7.26. The Balaban J connectivity index is 1.63. The minimum atomic E-state index is -0.891. The summed E-state index contributed by atoms with van der Waals surface area (Å²) in [5.41, 5.74) is 0.469. The number of ether oxygens (including phenoxy) is 1. The van der Waals surface area contributed by atoms with Crippen LogP contribution in [0.3, 0.4) is 0 Å². The summed E-state index contributed by atoms with van der Waals surface area (Å²) in [5, 5.41) is 13.0. The van der Waals surface area contributed by atoms with Crippen LogP contribution < -0.4 is 10.1 Å². The molecule has 0 unspecified atom stereocenters. The van der Waals surface area contributed by atoms with Gasteiger partial charge in [0.15, 0.2) is 0 Å². The number of carboxylic acid groups (broad SMARTS) is 1. The van der Waals surface area contributed by atoms with E-state index in [1.54, 1.807) is 18.2 Å². The third kappa shape index (κ3) is 2.30. The summed E-state index contributed by atoms with van der Waals surface area (Å²) in [6, 6.07) is 4.97. The third-order valence-electron chi connectivity index (χ3n) is 5.66. The molecule has 5 rings (SSSR count). The number of nitrogens with one attached hydrogen (secondary N) is 1. The van der Waals surface area contributed by atoms with Crippen LogP contribution in [-0.2, 0) is 9.59 Å². The van der Waals surface area contributed by atoms with E-state index >= 15 is 0 Å². The first-order valence-electron chi connectivity index (χ1n) is 8.07. The molecule has 126 valence electrons. The molecule has 1 amide bonds. The molecule has 6 heteroatoms. The number of hydrogen-bond acceptors (Lipinski definition) is 3. The van der Waals surface area contributed by atoms with Crippen molar-refractivity contribution in [2.45, 2.75) is 6.42 Å². The summed E-state index contributed by atoms with van der Waals surface area (Å²) in [5.74, 6) is -1.01. The number of benzene rings is 1. The third-order valence-corrected chi connectivity index (χ3v) is 5.89. The summed E-state index contributed by atoms with van der Waals surface area (Å²) in [7, 11) is 1.51. The molecule has 0 spiro atoms. The van der Waals surface area contributed by atoms with Crippen LogP contribution >= 0.6 is 11.6 Å². The number of fused-ring (bicyclic) bond motifs is 1. The van der Waals surface area contributed by atoms with Gasteiger partial charge in [-0.3, -0.25) is 9.59 Å². The molecule has 0 saturated heterocycles. The van der Waals surface area contributed by atoms with Crippen LogP contribution in [0, 0.1) is 35.5 Å². The second-order valence-electron chi connectivity index (χ2n) is 6.83. The van der Waals surface area contributed by atoms with Crippen molar-refractivity contribution < 1.29 is 19.4 Å². The fourth-order valence-corrected chi connectivity index (χ4v) is 4.74. The van der Waals surface area contributed by atoms with Crippen molar-refractivity contribution in [1.82, 2.24) is 0 Å². The van der Waals surface area contributed by atoms with Gasteiger partial charge in [-0.2, -0.15) is 0 Å². The minimum Gasteiger partial charge on any atom is -0.495 e. The van der Waals surface area contributed by atoms with Crippen LogP contribution in [-0.4, -0.2) is 24.1 Å². The summed E-state index contributed by atoms with van der Waals surface area (Å²) < 4.78 is 5.25. The van der Waals surface area contributed by atoms with Crippen LogP contribution in [0.25, 0.3) is 0 Å². The number of carboxylic acids is 1. The van der Waals surface area contributed by atoms with E-state index in [2.05, 4.69) is 5.32 Å². The molecule has 1 aromatic rings. The molecule has 2 fully saturated rings. The quantitative estimate of drug-likeness (QED) is 0.821. The van der Waals surface area contributed by atoms with Crippen molar-refractivity contribution in [3.63, 3.8) is 0 Å². The Morgan fingerprint density at radius 3 is 2.50 bits per heavy atom. The van der Waals surface area contributed by atoms with Gasteiger partial charge in [-0.05, 0) is 48.3 Å². The maximum Gasteiger partial charge on any atom is 0.307 e. The van der Waals surface area contributed by atoms with Crippen molar-refractivity contribution in [2.75, 3.05) is 12.4 Å². The number of carbonyl (C=O) groups excluding carboxylic acids is 1. The summed E-state index contributed by atoms with van der Waals surface area (Å²) >= 11 is 6.00. The molecular weight excluding hydrogens is 330 g/mol. The number of hydrogen-bond donors (Lipinski definition) is 2. The SMILES string of the molecule is COc1ccc(Cl)cc1NC(=O)[C@H]1[C@@H]2C=C[C@H]([C@H]3C[C@H]23)[C@@H]1C(=O)O. The molecule has 6 atom stereocenters. The van der Waals surface area contributed by atoms with E-state index in [0.29, 0.717) is 28.3 Å². The predicted molar refractivity (Wildman–Crippen MR) is 89.0 cm³/mol. The van der Waals surface area contributed by atoms with Crippen molar-refractivity contribution in [1.29, 1.82) is 0 Å². The smallest absolute Gasteiger partial charge is 0.307 e. The molecule has 2 N–H and O–H groups in total. The van der Waals surface area contributed by atoms with Gasteiger partial charge in [0.25, 0.3) is 0 Å². The maximum atomic E-state index is 12.9. The highest BCUT2D eigenvalue weighted by Gasteiger charge is 2.63. The molecule has 2 bridgehead atoms. The number of anilines is 1. The van der Waals surface area contributed by atoms with Gasteiger partial charge >= 0.3 is 5.97 Å². The zero-order valence-corrected chi connectivity index (χ0v) is 13.9. The van der Waals surface area contributed by atoms with E-state index in [9.17, 15) is 14.7 Å². The lowest BCUT2D eigenvalue weighted by atomic mass is 9.62. The van der Waals surface area contributed by atoms with Crippen LogP contribution in [0.4, 0.5) is 5.69 Å². The van der Waals surface area contributed by atoms with E-state index < -0.39 is 17.8 Å². The highest BCUT2D eigenvalue weighted by Crippen LogP contribution is 2.63. The van der Waals surface area contributed by atoms with Crippen LogP contribution in [0.2, 0.25) is 5.02 Å². The fraction of sp³-hybridized carbons (Fsp3) is 0.444. The highest BCUT2D eigenvalue weighted by atomic mass is 35.5. The Bertz CT molecular complexity index is 747. The number of aliphatic carboxylic acids is 1. The van der Waals surface area contributed by atoms with Gasteiger partial charge in [0.05, 0.1) is 24.6 Å². The number of amides is 1. The molecule has 0 aromatic heterocycles. The number of rotatable bonds is 4. The first-order valence-corrected chi connectivity index (χ1v) is 8.44. The van der Waals surface area contributed by atoms with E-state index in [4.69, 9.17) is 16.3 Å². The molecule has 4 aliphatic carbocycles. The summed E-state index contributed by atoms with van der Waals surface area (Å²) in [4.78, 5) is 24.7. The lowest BCUT2D eigenvalue weighted by Gasteiger charge is -2.41. The molecule has 1 aromatic carbocycles. The van der Waals surface area contributed by atoms with Gasteiger partial charge in [-0.15, -0.1) is 0 Å². The van der Waals surface area contributed by atoms with Gasteiger partial charge in [-0.1, -0.05) is 23.8 Å². The Hall–Kier alpha value is -2.01. The highest BCUT2D eigenvalue weighted by molar-refractivity contribution is 6.31. The summed E-state index contributed by atoms with van der Waals surface area (Å²) in [6.45, 7) is 0. The van der Waals surface area contributed by atoms with Gasteiger partial charge in [0, 0.05) is 5.02 Å². The number of carbonyl (C=O) groups is 2. The van der Waals surface area contributed by atoms with Gasteiger partial charge in [-0.25, -0.2) is 0 Å². The lowest BCUT2D eigenvalue weighted by Crippen LogP contribution is -2.48. The molecule has 2 saturated carbocycles. The molecular formula is C18H18ClNO4. The monoisotopic (exact) mass is 347 g/mol. The van der Waals surface area contributed by atoms with E-state index in [1.807, 2.05) is 12.2 Å². The van der Waals surface area contributed by atoms with Gasteiger partial charge in [0.1, 0.15) is 5.75 Å². The van der Waals surface area contributed by atoms with Crippen molar-refractivity contribution >= 4 is 29.2 Å². The maximum absolute atomic E-state index is 12.9. The van der Waals surface area contributed by atoms with E-state index in [-0.39, 0.29) is 17.7 Å². The molecule has 0 heterocycles. The van der Waals surface area contributed by atoms with Crippen molar-refractivity contribution in [3.05, 3.63) is 35.4 Å². The molecule has 4 aliphatic rings. The normalized spacial score (nSPS) is 35.2. The van der Waals surface area contributed by atoms with Crippen molar-refractivity contribution in [2.24, 2.45) is 35.5 Å². The van der Waals surface area contributed by atoms with Crippen LogP contribution in [0.15, 0.2) is 30.4 Å². The largest absolute Gasteiger partial charge is 0.495 e.